The van der Waals surface area contributed by atoms with Gasteiger partial charge in [-0.3, -0.25) is 0 Å². The normalized spacial score (nSPS) is 16.4. The number of allylic oxidation sites excluding steroid dienone is 1. The zero-order valence-electron chi connectivity index (χ0n) is 11.7. The molecule has 116 valence electrons. The van der Waals surface area contributed by atoms with Gasteiger partial charge in [0.05, 0.1) is 15.5 Å². The Hall–Kier alpha value is -0.330. The van der Waals surface area contributed by atoms with Crippen molar-refractivity contribution in [3.05, 3.63) is 34.9 Å². The Morgan fingerprint density at radius 3 is 2.36 bits per heavy atom. The van der Waals surface area contributed by atoms with Gasteiger partial charge in [-0.2, -0.15) is 0 Å². The third kappa shape index (κ3) is 4.83. The number of carboxylic acids is 1. The van der Waals surface area contributed by atoms with Crippen LogP contribution in [0.15, 0.2) is 29.2 Å². The predicted octanol–water partition coefficient (Wildman–Crippen LogP) is 2.75. The van der Waals surface area contributed by atoms with Gasteiger partial charge in [0.1, 0.15) is 0 Å². The van der Waals surface area contributed by atoms with Gasteiger partial charge in [-0.15, -0.1) is 0 Å². The van der Waals surface area contributed by atoms with Gasteiger partial charge in [0.2, 0.25) is 0 Å². The van der Waals surface area contributed by atoms with E-state index in [1.807, 2.05) is 0 Å². The van der Waals surface area contributed by atoms with E-state index in [1.165, 1.54) is 18.2 Å². The molecule has 0 radical (unpaired) electrons. The Labute approximate surface area is 157 Å². The third-order valence-electron chi connectivity index (χ3n) is 3.67. The molecule has 0 atom stereocenters. The fourth-order valence-electron chi connectivity index (χ4n) is 2.62. The summed E-state index contributed by atoms with van der Waals surface area (Å²) in [6, 6.07) is 4.27. The molecule has 0 amide bonds. The number of aliphatic carboxylic acids is 1. The van der Waals surface area contributed by atoms with Gasteiger partial charge in [0.25, 0.3) is 0 Å². The molecule has 0 saturated heterocycles. The molecule has 4 nitrogen and oxygen atoms in total. The molecular formula is C15H18ClNaO4S. The van der Waals surface area contributed by atoms with E-state index in [1.54, 1.807) is 6.08 Å². The average molecular weight is 353 g/mol. The van der Waals surface area contributed by atoms with E-state index in [4.69, 9.17) is 11.6 Å². The molecule has 0 heterocycles. The van der Waals surface area contributed by atoms with Gasteiger partial charge in [-0.25, -0.2) is 13.2 Å². The second-order valence-corrected chi connectivity index (χ2v) is 7.74. The maximum absolute atomic E-state index is 11.5. The van der Waals surface area contributed by atoms with E-state index in [-0.39, 0.29) is 51.0 Å². The predicted molar refractivity (Wildman–Crippen MR) is 89.3 cm³/mol. The number of sulfone groups is 1. The van der Waals surface area contributed by atoms with Crippen molar-refractivity contribution in [2.24, 2.45) is 5.92 Å². The van der Waals surface area contributed by atoms with E-state index < -0.39 is 15.8 Å². The van der Waals surface area contributed by atoms with Gasteiger partial charge in [-0.05, 0) is 36.5 Å². The summed E-state index contributed by atoms with van der Waals surface area (Å²) in [6.07, 6.45) is 7.04. The molecule has 1 aliphatic rings. The summed E-state index contributed by atoms with van der Waals surface area (Å²) in [5, 5.41) is 9.43. The van der Waals surface area contributed by atoms with Crippen molar-refractivity contribution in [1.82, 2.24) is 0 Å². The maximum atomic E-state index is 11.5. The molecule has 1 aromatic rings. The Morgan fingerprint density at radius 1 is 1.32 bits per heavy atom. The Morgan fingerprint density at radius 2 is 1.91 bits per heavy atom. The monoisotopic (exact) mass is 352 g/mol. The molecule has 0 aliphatic heterocycles. The summed E-state index contributed by atoms with van der Waals surface area (Å²) in [5.41, 5.74) is 0.621. The Balaban J connectivity index is 0.00000242. The van der Waals surface area contributed by atoms with Crippen molar-refractivity contribution >= 4 is 62.5 Å². The van der Waals surface area contributed by atoms with Crippen molar-refractivity contribution in [2.75, 3.05) is 6.26 Å². The second-order valence-electron chi connectivity index (χ2n) is 5.35. The first-order chi connectivity index (χ1) is 9.79. The van der Waals surface area contributed by atoms with Crippen LogP contribution in [0.2, 0.25) is 5.02 Å². The van der Waals surface area contributed by atoms with E-state index in [0.29, 0.717) is 5.56 Å². The quantitative estimate of drug-likeness (QED) is 0.668. The molecule has 0 bridgehead atoms. The first-order valence-corrected chi connectivity index (χ1v) is 9.01. The topological polar surface area (TPSA) is 71.4 Å². The van der Waals surface area contributed by atoms with Gasteiger partial charge >= 0.3 is 35.5 Å². The van der Waals surface area contributed by atoms with E-state index in [0.717, 1.165) is 31.9 Å². The summed E-state index contributed by atoms with van der Waals surface area (Å²) in [7, 11) is -3.42. The first-order valence-electron chi connectivity index (χ1n) is 6.74. The molecule has 1 saturated carbocycles. The van der Waals surface area contributed by atoms with Crippen LogP contribution in [0.1, 0.15) is 31.2 Å². The molecule has 7 heteroatoms. The van der Waals surface area contributed by atoms with Crippen molar-refractivity contribution in [3.63, 3.8) is 0 Å². The number of rotatable bonds is 4. The van der Waals surface area contributed by atoms with Gasteiger partial charge in [0.15, 0.2) is 9.84 Å². The van der Waals surface area contributed by atoms with E-state index in [9.17, 15) is 18.3 Å². The van der Waals surface area contributed by atoms with Crippen LogP contribution in [-0.4, -0.2) is 55.3 Å². The average Bonchev–Trinajstić information content (AvgIpc) is 2.86. The third-order valence-corrected chi connectivity index (χ3v) is 5.25. The van der Waals surface area contributed by atoms with Crippen LogP contribution in [0.4, 0.5) is 0 Å². The van der Waals surface area contributed by atoms with Crippen LogP contribution in [0, 0.1) is 5.92 Å². The summed E-state index contributed by atoms with van der Waals surface area (Å²) >= 11 is 5.98. The van der Waals surface area contributed by atoms with E-state index >= 15 is 0 Å². The number of carboxylic acid groups (broad SMARTS) is 1. The van der Waals surface area contributed by atoms with Gasteiger partial charge < -0.3 is 5.11 Å². The van der Waals surface area contributed by atoms with Crippen molar-refractivity contribution in [2.45, 2.75) is 30.6 Å². The SMILES string of the molecule is CS(=O)(=O)c1ccc(/C(=C\C2CCCC2)C(=O)O)cc1Cl.[NaH]. The Kier molecular flexibility index (Phi) is 7.15. The summed E-state index contributed by atoms with van der Waals surface area (Å²) in [6.45, 7) is 0. The summed E-state index contributed by atoms with van der Waals surface area (Å²) in [4.78, 5) is 11.5. The van der Waals surface area contributed by atoms with Crippen LogP contribution in [0.25, 0.3) is 5.57 Å². The molecule has 1 aromatic carbocycles. The molecule has 1 fully saturated rings. The molecule has 22 heavy (non-hydrogen) atoms. The fraction of sp³-hybridized carbons (Fsp3) is 0.400. The van der Waals surface area contributed by atoms with Gasteiger partial charge in [-0.1, -0.05) is 36.6 Å². The Bertz CT molecular complexity index is 691. The number of halogens is 1. The fourth-order valence-corrected chi connectivity index (χ4v) is 3.95. The molecular weight excluding hydrogens is 335 g/mol. The summed E-state index contributed by atoms with van der Waals surface area (Å²) in [5.74, 6) is -0.755. The molecule has 1 aliphatic carbocycles. The standard InChI is InChI=1S/C15H17ClO4S.Na.H/c1-21(19,20)14-7-6-11(9-13(14)16)12(15(17)18)8-10-4-2-3-5-10;;/h6-10H,2-5H2,1H3,(H,17,18);;/b12-8+;;. The molecule has 1 N–H and O–H groups in total. The van der Waals surface area contributed by atoms with Crippen molar-refractivity contribution in [1.29, 1.82) is 0 Å². The number of carbonyl (C=O) groups is 1. The molecule has 0 unspecified atom stereocenters. The first kappa shape index (κ1) is 19.7. The second kappa shape index (κ2) is 7.97. The van der Waals surface area contributed by atoms with E-state index in [2.05, 4.69) is 0 Å². The molecule has 0 aromatic heterocycles. The number of hydrogen-bond acceptors (Lipinski definition) is 3. The minimum atomic E-state index is -3.42. The molecule has 0 spiro atoms. The van der Waals surface area contributed by atoms with Crippen LogP contribution >= 0.6 is 11.6 Å². The van der Waals surface area contributed by atoms with Crippen LogP contribution in [0.3, 0.4) is 0 Å². The zero-order chi connectivity index (χ0) is 15.6. The number of benzene rings is 1. The zero-order valence-corrected chi connectivity index (χ0v) is 13.2. The van der Waals surface area contributed by atoms with Crippen LogP contribution in [0.5, 0.6) is 0 Å². The van der Waals surface area contributed by atoms with Crippen molar-refractivity contribution in [3.8, 4) is 0 Å². The minimum absolute atomic E-state index is 0. The van der Waals surface area contributed by atoms with Crippen LogP contribution < -0.4 is 0 Å². The van der Waals surface area contributed by atoms with Gasteiger partial charge in [0, 0.05) is 6.26 Å². The number of hydrogen-bond donors (Lipinski definition) is 1. The summed E-state index contributed by atoms with van der Waals surface area (Å²) < 4.78 is 23.1. The van der Waals surface area contributed by atoms with Crippen LogP contribution in [-0.2, 0) is 14.6 Å². The van der Waals surface area contributed by atoms with Crippen molar-refractivity contribution < 1.29 is 18.3 Å². The molecule has 2 rings (SSSR count).